The third-order valence-electron chi connectivity index (χ3n) is 2.27. The van der Waals surface area contributed by atoms with Gasteiger partial charge in [-0.1, -0.05) is 43.5 Å². The van der Waals surface area contributed by atoms with E-state index in [1.54, 1.807) is 13.0 Å². The molecule has 1 rings (SSSR count). The highest BCUT2D eigenvalue weighted by atomic mass is 16.5. The summed E-state index contributed by atoms with van der Waals surface area (Å²) in [5, 5.41) is 0. The number of ketones is 1. The number of carbonyl (C=O) groups is 1. The molecule has 0 bridgehead atoms. The van der Waals surface area contributed by atoms with Gasteiger partial charge in [0, 0.05) is 6.42 Å². The lowest BCUT2D eigenvalue weighted by Gasteiger charge is -2.06. The van der Waals surface area contributed by atoms with Crippen LogP contribution in [0.25, 0.3) is 0 Å². The van der Waals surface area contributed by atoms with Crippen LogP contribution in [0.4, 0.5) is 0 Å². The van der Waals surface area contributed by atoms with Gasteiger partial charge in [0.15, 0.2) is 0 Å². The molecule has 0 aliphatic rings. The van der Waals surface area contributed by atoms with Gasteiger partial charge < -0.3 is 4.74 Å². The number of allylic oxidation sites excluding steroid dienone is 2. The molecule has 1 aromatic rings. The second-order valence-electron chi connectivity index (χ2n) is 4.06. The maximum atomic E-state index is 11.0. The second kappa shape index (κ2) is 7.28. The van der Waals surface area contributed by atoms with Crippen molar-refractivity contribution in [3.8, 4) is 5.75 Å². The maximum absolute atomic E-state index is 11.0. The molecule has 0 atom stereocenters. The molecule has 0 fully saturated rings. The van der Waals surface area contributed by atoms with Gasteiger partial charge in [-0.3, -0.25) is 4.79 Å². The zero-order valence-electron chi connectivity index (χ0n) is 10.7. The Hall–Kier alpha value is -2.09. The van der Waals surface area contributed by atoms with E-state index in [0.29, 0.717) is 13.0 Å². The van der Waals surface area contributed by atoms with Gasteiger partial charge in [0.2, 0.25) is 0 Å². The quantitative estimate of drug-likeness (QED) is 0.684. The largest absolute Gasteiger partial charge is 0.489 e. The van der Waals surface area contributed by atoms with Gasteiger partial charge in [-0.05, 0) is 30.2 Å². The molecule has 0 N–H and O–H groups in total. The van der Waals surface area contributed by atoms with E-state index in [2.05, 4.69) is 13.2 Å². The van der Waals surface area contributed by atoms with Crippen molar-refractivity contribution in [3.63, 3.8) is 0 Å². The molecule has 0 spiro atoms. The standard InChI is InChI=1S/C16H18O2/c1-4-5-6-13(2)12-18-16-9-7-15(8-10-16)11-14(3)17/h4-10H,1-2,11-12H2,3H3/b6-5-. The molecule has 0 heterocycles. The Labute approximate surface area is 108 Å². The lowest BCUT2D eigenvalue weighted by molar-refractivity contribution is -0.116. The molecular formula is C16H18O2. The summed E-state index contributed by atoms with van der Waals surface area (Å²) in [4.78, 5) is 11.0. The highest BCUT2D eigenvalue weighted by Crippen LogP contribution is 2.13. The van der Waals surface area contributed by atoms with Crippen LogP contribution in [0.2, 0.25) is 0 Å². The maximum Gasteiger partial charge on any atom is 0.134 e. The molecular weight excluding hydrogens is 224 g/mol. The van der Waals surface area contributed by atoms with Crippen molar-refractivity contribution in [2.45, 2.75) is 13.3 Å². The Morgan fingerprint density at radius 3 is 2.56 bits per heavy atom. The van der Waals surface area contributed by atoms with E-state index in [0.717, 1.165) is 16.9 Å². The van der Waals surface area contributed by atoms with Crippen LogP contribution in [0.1, 0.15) is 12.5 Å². The normalized spacial score (nSPS) is 10.3. The number of hydrogen-bond donors (Lipinski definition) is 0. The highest BCUT2D eigenvalue weighted by Gasteiger charge is 1.99. The molecule has 0 aliphatic heterocycles. The lowest BCUT2D eigenvalue weighted by atomic mass is 10.1. The van der Waals surface area contributed by atoms with E-state index in [-0.39, 0.29) is 5.78 Å². The van der Waals surface area contributed by atoms with Gasteiger partial charge >= 0.3 is 0 Å². The predicted molar refractivity (Wildman–Crippen MR) is 74.8 cm³/mol. The van der Waals surface area contributed by atoms with Crippen molar-refractivity contribution >= 4 is 5.78 Å². The van der Waals surface area contributed by atoms with E-state index in [4.69, 9.17) is 4.74 Å². The first-order chi connectivity index (χ1) is 8.61. The number of Topliss-reactive ketones (excluding diaryl/α,β-unsaturated/α-hetero) is 1. The summed E-state index contributed by atoms with van der Waals surface area (Å²) < 4.78 is 5.55. The van der Waals surface area contributed by atoms with Gasteiger partial charge in [-0.25, -0.2) is 0 Å². The third-order valence-corrected chi connectivity index (χ3v) is 2.27. The summed E-state index contributed by atoms with van der Waals surface area (Å²) in [6, 6.07) is 7.53. The van der Waals surface area contributed by atoms with Gasteiger partial charge in [0.25, 0.3) is 0 Å². The van der Waals surface area contributed by atoms with Crippen molar-refractivity contribution in [2.75, 3.05) is 6.61 Å². The summed E-state index contributed by atoms with van der Waals surface area (Å²) in [6.45, 7) is 9.47. The van der Waals surface area contributed by atoms with E-state index in [1.165, 1.54) is 0 Å². The Bertz CT molecular complexity index is 452. The van der Waals surface area contributed by atoms with Gasteiger partial charge in [0.05, 0.1) is 0 Å². The molecule has 94 valence electrons. The van der Waals surface area contributed by atoms with Crippen molar-refractivity contribution in [1.82, 2.24) is 0 Å². The molecule has 2 heteroatoms. The van der Waals surface area contributed by atoms with Crippen LogP contribution in [0.5, 0.6) is 5.75 Å². The number of carbonyl (C=O) groups excluding carboxylic acids is 1. The van der Waals surface area contributed by atoms with Crippen molar-refractivity contribution in [3.05, 3.63) is 66.8 Å². The zero-order valence-corrected chi connectivity index (χ0v) is 10.7. The minimum Gasteiger partial charge on any atom is -0.489 e. The third kappa shape index (κ3) is 5.30. The summed E-state index contributed by atoms with van der Waals surface area (Å²) in [7, 11) is 0. The van der Waals surface area contributed by atoms with Crippen LogP contribution in [0.3, 0.4) is 0 Å². The minimum absolute atomic E-state index is 0.159. The monoisotopic (exact) mass is 242 g/mol. The first kappa shape index (κ1) is 14.0. The Morgan fingerprint density at radius 2 is 2.00 bits per heavy atom. The Morgan fingerprint density at radius 1 is 1.33 bits per heavy atom. The van der Waals surface area contributed by atoms with Crippen LogP contribution in [-0.2, 0) is 11.2 Å². The number of benzene rings is 1. The van der Waals surface area contributed by atoms with Gasteiger partial charge in [0.1, 0.15) is 18.1 Å². The summed E-state index contributed by atoms with van der Waals surface area (Å²) in [5.74, 6) is 0.932. The summed E-state index contributed by atoms with van der Waals surface area (Å²) in [6.07, 6.45) is 5.84. The van der Waals surface area contributed by atoms with Gasteiger partial charge in [-0.2, -0.15) is 0 Å². The Balaban J connectivity index is 2.48. The average Bonchev–Trinajstić information content (AvgIpc) is 2.35. The molecule has 0 saturated heterocycles. The first-order valence-corrected chi connectivity index (χ1v) is 5.80. The highest BCUT2D eigenvalue weighted by molar-refractivity contribution is 5.78. The van der Waals surface area contributed by atoms with Crippen LogP contribution in [0.15, 0.2) is 61.2 Å². The van der Waals surface area contributed by atoms with E-state index >= 15 is 0 Å². The average molecular weight is 242 g/mol. The second-order valence-corrected chi connectivity index (χ2v) is 4.06. The molecule has 0 saturated carbocycles. The number of rotatable bonds is 7. The smallest absolute Gasteiger partial charge is 0.134 e. The van der Waals surface area contributed by atoms with Gasteiger partial charge in [-0.15, -0.1) is 0 Å². The fourth-order valence-corrected chi connectivity index (χ4v) is 1.42. The molecule has 1 aromatic carbocycles. The topological polar surface area (TPSA) is 26.3 Å². The molecule has 18 heavy (non-hydrogen) atoms. The van der Waals surface area contributed by atoms with Crippen molar-refractivity contribution in [1.29, 1.82) is 0 Å². The van der Waals surface area contributed by atoms with Crippen LogP contribution in [0, 0.1) is 0 Å². The van der Waals surface area contributed by atoms with E-state index in [1.807, 2.05) is 36.4 Å². The lowest BCUT2D eigenvalue weighted by Crippen LogP contribution is -1.99. The van der Waals surface area contributed by atoms with Crippen molar-refractivity contribution < 1.29 is 9.53 Å². The molecule has 0 aromatic heterocycles. The minimum atomic E-state index is 0.159. The molecule has 0 unspecified atom stereocenters. The van der Waals surface area contributed by atoms with Crippen LogP contribution >= 0.6 is 0 Å². The zero-order chi connectivity index (χ0) is 13.4. The van der Waals surface area contributed by atoms with Crippen molar-refractivity contribution in [2.24, 2.45) is 0 Å². The fourth-order valence-electron chi connectivity index (χ4n) is 1.42. The summed E-state index contributed by atoms with van der Waals surface area (Å²) >= 11 is 0. The van der Waals surface area contributed by atoms with E-state index < -0.39 is 0 Å². The fraction of sp³-hybridized carbons (Fsp3) is 0.188. The molecule has 0 aliphatic carbocycles. The number of ether oxygens (including phenoxy) is 1. The number of hydrogen-bond acceptors (Lipinski definition) is 2. The predicted octanol–water partition coefficient (Wildman–Crippen LogP) is 3.50. The Kier molecular flexibility index (Phi) is 5.65. The van der Waals surface area contributed by atoms with Crippen LogP contribution < -0.4 is 4.74 Å². The molecule has 0 amide bonds. The molecule has 0 radical (unpaired) electrons. The van der Waals surface area contributed by atoms with Crippen LogP contribution in [-0.4, -0.2) is 12.4 Å². The SMILES string of the molecule is C=C/C=C\C(=C)COc1ccc(CC(C)=O)cc1. The summed E-state index contributed by atoms with van der Waals surface area (Å²) in [5.41, 5.74) is 1.88. The first-order valence-electron chi connectivity index (χ1n) is 5.80. The molecule has 2 nitrogen and oxygen atoms in total. The van der Waals surface area contributed by atoms with E-state index in [9.17, 15) is 4.79 Å².